The lowest BCUT2D eigenvalue weighted by Crippen LogP contribution is -2.49. The number of nitrogens with zero attached hydrogens (tertiary/aromatic N) is 1. The van der Waals surface area contributed by atoms with Crippen LogP contribution in [0.15, 0.2) is 36.4 Å². The van der Waals surface area contributed by atoms with Gasteiger partial charge in [0.05, 0.1) is 17.5 Å². The lowest BCUT2D eigenvalue weighted by atomic mass is 9.65. The van der Waals surface area contributed by atoms with E-state index in [0.717, 1.165) is 80.9 Å². The van der Waals surface area contributed by atoms with Crippen LogP contribution >= 0.6 is 11.6 Å². The molecule has 9 heteroatoms. The summed E-state index contributed by atoms with van der Waals surface area (Å²) in [6.45, 7) is 4.09. The minimum Gasteiger partial charge on any atom is -0.490 e. The number of aryl methyl sites for hydroxylation is 1. The highest BCUT2D eigenvalue weighted by Gasteiger charge is 2.44. The van der Waals surface area contributed by atoms with E-state index in [0.29, 0.717) is 36.8 Å². The third-order valence-electron chi connectivity index (χ3n) is 10.6. The highest BCUT2D eigenvalue weighted by atomic mass is 35.5. The summed E-state index contributed by atoms with van der Waals surface area (Å²) in [6, 6.07) is 11.5. The number of aliphatic hydroxyl groups is 1. The topological polar surface area (TPSA) is 95.9 Å². The van der Waals surface area contributed by atoms with Crippen molar-refractivity contribution in [3.05, 3.63) is 58.1 Å². The van der Waals surface area contributed by atoms with E-state index < -0.39 is 21.2 Å². The van der Waals surface area contributed by atoms with Crippen LogP contribution in [0.2, 0.25) is 5.02 Å². The van der Waals surface area contributed by atoms with Crippen LogP contribution in [0.25, 0.3) is 0 Å². The van der Waals surface area contributed by atoms with E-state index in [9.17, 15) is 18.3 Å². The van der Waals surface area contributed by atoms with Gasteiger partial charge in [-0.25, -0.2) is 13.1 Å². The highest BCUT2D eigenvalue weighted by molar-refractivity contribution is 7.90. The maximum atomic E-state index is 13.4. The summed E-state index contributed by atoms with van der Waals surface area (Å²) in [5.74, 6) is 1.21. The molecule has 1 fully saturated rings. The van der Waals surface area contributed by atoms with Crippen molar-refractivity contribution in [3.63, 3.8) is 0 Å². The molecular weight excluding hydrogens is 572 g/mol. The number of aliphatic hydroxyl groups excluding tert-OH is 1. The van der Waals surface area contributed by atoms with E-state index in [-0.39, 0.29) is 17.9 Å². The number of carbonyl (C=O) groups is 1. The van der Waals surface area contributed by atoms with Gasteiger partial charge in [0.2, 0.25) is 10.0 Å². The van der Waals surface area contributed by atoms with Gasteiger partial charge in [0, 0.05) is 35.7 Å². The summed E-state index contributed by atoms with van der Waals surface area (Å²) in [7, 11) is -3.83. The molecule has 2 aromatic carbocycles. The number of benzene rings is 2. The fourth-order valence-corrected chi connectivity index (χ4v) is 9.70. The normalized spacial score (nSPS) is 31.1. The second-order valence-corrected chi connectivity index (χ2v) is 15.4. The fourth-order valence-electron chi connectivity index (χ4n) is 8.05. The Hall–Kier alpha value is -2.29. The average Bonchev–Trinajstić information content (AvgIpc) is 3.10. The summed E-state index contributed by atoms with van der Waals surface area (Å²) < 4.78 is 35.4. The molecule has 1 saturated carbocycles. The molecule has 2 heterocycles. The minimum atomic E-state index is -3.83. The van der Waals surface area contributed by atoms with Crippen LogP contribution in [0.5, 0.6) is 5.75 Å². The fraction of sp³-hybridized carbons (Fsp3) is 0.606. The quantitative estimate of drug-likeness (QED) is 0.440. The number of ether oxygens (including phenoxy) is 1. The molecule has 7 nitrogen and oxygen atoms in total. The van der Waals surface area contributed by atoms with Gasteiger partial charge >= 0.3 is 0 Å². The Morgan fingerprint density at radius 1 is 1.10 bits per heavy atom. The second kappa shape index (κ2) is 12.0. The standard InChI is InChI=1S/C33H43ClN2O5S/c1-2-27-8-4-3-6-25(19-37)28-12-9-24(28)18-36-20-33(15-5-7-22-16-26(34)11-13-29(22)33)21-41-31-14-10-23(17-30(31)36)32(38)35-42(27,39)40/h10-11,13-14,16-17,24-25,27-28,37H,2-9,12,15,18-21H2,1H3,(H,35,38)/t24-,25+,27+,28+,33-/m0/s1. The minimum absolute atomic E-state index is 0.161. The molecule has 0 radical (unpaired) electrons. The van der Waals surface area contributed by atoms with Crippen LogP contribution in [0.4, 0.5) is 5.69 Å². The lowest BCUT2D eigenvalue weighted by molar-refractivity contribution is 0.0574. The number of carbonyl (C=O) groups excluding carboxylic acids is 1. The zero-order valence-electron chi connectivity index (χ0n) is 24.5. The Morgan fingerprint density at radius 2 is 1.93 bits per heavy atom. The first kappa shape index (κ1) is 29.8. The monoisotopic (exact) mass is 614 g/mol. The molecule has 4 aliphatic rings. The van der Waals surface area contributed by atoms with Crippen molar-refractivity contribution in [2.24, 2.45) is 17.8 Å². The predicted molar refractivity (Wildman–Crippen MR) is 166 cm³/mol. The Kier molecular flexibility index (Phi) is 8.51. The van der Waals surface area contributed by atoms with Crippen molar-refractivity contribution >= 4 is 33.2 Å². The van der Waals surface area contributed by atoms with E-state index in [1.165, 1.54) is 11.1 Å². The van der Waals surface area contributed by atoms with E-state index in [4.69, 9.17) is 16.3 Å². The molecule has 2 bridgehead atoms. The molecule has 0 unspecified atom stereocenters. The molecule has 6 rings (SSSR count). The Bertz CT molecular complexity index is 1430. The Balaban J connectivity index is 1.41. The Labute approximate surface area is 255 Å². The number of sulfonamides is 1. The van der Waals surface area contributed by atoms with Crippen molar-refractivity contribution in [3.8, 4) is 5.75 Å². The molecule has 228 valence electrons. The van der Waals surface area contributed by atoms with Crippen molar-refractivity contribution in [1.29, 1.82) is 0 Å². The zero-order chi connectivity index (χ0) is 29.5. The lowest BCUT2D eigenvalue weighted by Gasteiger charge is -2.46. The average molecular weight is 615 g/mol. The maximum absolute atomic E-state index is 13.4. The molecule has 0 saturated heterocycles. The van der Waals surface area contributed by atoms with Crippen LogP contribution in [0.1, 0.15) is 86.2 Å². The molecule has 2 aliphatic heterocycles. The molecule has 0 aromatic heterocycles. The smallest absolute Gasteiger partial charge is 0.264 e. The van der Waals surface area contributed by atoms with Crippen LogP contribution in [-0.4, -0.2) is 51.0 Å². The molecular formula is C33H43ClN2O5S. The van der Waals surface area contributed by atoms with Crippen LogP contribution < -0.4 is 14.4 Å². The number of hydrogen-bond acceptors (Lipinski definition) is 6. The third-order valence-corrected chi connectivity index (χ3v) is 12.7. The predicted octanol–water partition coefficient (Wildman–Crippen LogP) is 5.86. The zero-order valence-corrected chi connectivity index (χ0v) is 26.1. The summed E-state index contributed by atoms with van der Waals surface area (Å²) in [5, 5.41) is 10.5. The third kappa shape index (κ3) is 5.67. The van der Waals surface area contributed by atoms with Crippen LogP contribution in [-0.2, 0) is 21.9 Å². The molecule has 2 aliphatic carbocycles. The first-order valence-electron chi connectivity index (χ1n) is 15.7. The van der Waals surface area contributed by atoms with Gasteiger partial charge in [-0.1, -0.05) is 37.4 Å². The van der Waals surface area contributed by atoms with E-state index in [1.807, 2.05) is 25.1 Å². The summed E-state index contributed by atoms with van der Waals surface area (Å²) in [4.78, 5) is 15.8. The summed E-state index contributed by atoms with van der Waals surface area (Å²) >= 11 is 6.40. The van der Waals surface area contributed by atoms with Crippen LogP contribution in [0, 0.1) is 17.8 Å². The van der Waals surface area contributed by atoms with Gasteiger partial charge in [0.1, 0.15) is 5.75 Å². The molecule has 2 aromatic rings. The number of nitrogens with one attached hydrogen (secondary N) is 1. The van der Waals surface area contributed by atoms with Crippen LogP contribution in [0.3, 0.4) is 0 Å². The largest absolute Gasteiger partial charge is 0.490 e. The number of anilines is 1. The summed E-state index contributed by atoms with van der Waals surface area (Å²) in [6.07, 6.45) is 8.72. The van der Waals surface area contributed by atoms with Crippen molar-refractivity contribution in [1.82, 2.24) is 4.72 Å². The number of halogens is 1. The SMILES string of the molecule is CC[C@@H]1CCCC[C@H](CO)[C@@H]2CC[C@H]2CN2C[C@@]3(CCCc4cc(Cl)ccc43)COc3ccc(cc32)C(=O)NS1(=O)=O. The van der Waals surface area contributed by atoms with Crippen molar-refractivity contribution < 1.29 is 23.1 Å². The van der Waals surface area contributed by atoms with Gasteiger partial charge in [-0.05, 0) is 111 Å². The van der Waals surface area contributed by atoms with Crippen molar-refractivity contribution in [2.45, 2.75) is 81.8 Å². The molecule has 42 heavy (non-hydrogen) atoms. The Morgan fingerprint density at radius 3 is 2.69 bits per heavy atom. The maximum Gasteiger partial charge on any atom is 0.264 e. The van der Waals surface area contributed by atoms with Gasteiger partial charge in [-0.15, -0.1) is 0 Å². The van der Waals surface area contributed by atoms with E-state index in [2.05, 4.69) is 21.8 Å². The second-order valence-electron chi connectivity index (χ2n) is 13.0. The molecule has 1 spiro atoms. The number of amides is 1. The molecule has 2 N–H and O–H groups in total. The van der Waals surface area contributed by atoms with Gasteiger partial charge in [0.25, 0.3) is 5.91 Å². The van der Waals surface area contributed by atoms with Gasteiger partial charge in [0.15, 0.2) is 0 Å². The van der Waals surface area contributed by atoms with E-state index in [1.54, 1.807) is 6.07 Å². The number of hydrogen-bond donors (Lipinski definition) is 2. The van der Waals surface area contributed by atoms with Gasteiger partial charge in [-0.2, -0.15) is 0 Å². The van der Waals surface area contributed by atoms with Gasteiger partial charge < -0.3 is 14.7 Å². The molecule has 1 amide bonds. The van der Waals surface area contributed by atoms with E-state index >= 15 is 0 Å². The van der Waals surface area contributed by atoms with Crippen molar-refractivity contribution in [2.75, 3.05) is 31.2 Å². The number of fused-ring (bicyclic) bond motifs is 4. The number of rotatable bonds is 2. The first-order chi connectivity index (χ1) is 20.2. The van der Waals surface area contributed by atoms with Gasteiger partial charge in [-0.3, -0.25) is 4.79 Å². The molecule has 5 atom stereocenters. The first-order valence-corrected chi connectivity index (χ1v) is 17.6. The highest BCUT2D eigenvalue weighted by Crippen LogP contribution is 2.47. The summed E-state index contributed by atoms with van der Waals surface area (Å²) in [5.41, 5.74) is 3.48.